The van der Waals surface area contributed by atoms with E-state index in [0.717, 1.165) is 10.2 Å². The SMILES string of the molecule is c1cc[nH]c1.c1ccc2snnc2c1. The first-order chi connectivity index (χ1) is 6.97. The fourth-order valence-corrected chi connectivity index (χ4v) is 1.56. The van der Waals surface area contributed by atoms with Gasteiger partial charge in [0.25, 0.3) is 0 Å². The van der Waals surface area contributed by atoms with Crippen molar-refractivity contribution in [2.75, 3.05) is 0 Å². The average molecular weight is 203 g/mol. The summed E-state index contributed by atoms with van der Waals surface area (Å²) >= 11 is 1.43. The Balaban J connectivity index is 0.000000128. The van der Waals surface area contributed by atoms with Crippen LogP contribution in [0, 0.1) is 0 Å². The molecule has 0 bridgehead atoms. The van der Waals surface area contributed by atoms with Gasteiger partial charge in [0.15, 0.2) is 0 Å². The second-order valence-corrected chi connectivity index (χ2v) is 3.41. The van der Waals surface area contributed by atoms with Crippen LogP contribution in [0.4, 0.5) is 0 Å². The Morgan fingerprint density at radius 1 is 1.00 bits per heavy atom. The molecule has 3 rings (SSSR count). The Morgan fingerprint density at radius 2 is 1.79 bits per heavy atom. The maximum atomic E-state index is 3.89. The molecule has 0 spiro atoms. The summed E-state index contributed by atoms with van der Waals surface area (Å²) in [6, 6.07) is 11.8. The zero-order valence-corrected chi connectivity index (χ0v) is 8.24. The number of nitrogens with one attached hydrogen (secondary N) is 1. The monoisotopic (exact) mass is 203 g/mol. The first-order valence-corrected chi connectivity index (χ1v) is 4.99. The number of hydrogen-bond acceptors (Lipinski definition) is 3. The minimum atomic E-state index is 0.988. The van der Waals surface area contributed by atoms with Gasteiger partial charge in [0.05, 0.1) is 4.70 Å². The van der Waals surface area contributed by atoms with Gasteiger partial charge in [0.2, 0.25) is 0 Å². The summed E-state index contributed by atoms with van der Waals surface area (Å²) in [4.78, 5) is 2.86. The molecule has 3 nitrogen and oxygen atoms in total. The van der Waals surface area contributed by atoms with Crippen molar-refractivity contribution in [3.63, 3.8) is 0 Å². The predicted octanol–water partition coefficient (Wildman–Crippen LogP) is 2.71. The Morgan fingerprint density at radius 3 is 2.43 bits per heavy atom. The first kappa shape index (κ1) is 8.90. The minimum Gasteiger partial charge on any atom is -0.368 e. The molecular weight excluding hydrogens is 194 g/mol. The highest BCUT2D eigenvalue weighted by Gasteiger charge is 1.91. The van der Waals surface area contributed by atoms with Gasteiger partial charge in [-0.05, 0) is 35.8 Å². The number of nitrogens with zero attached hydrogens (tertiary/aromatic N) is 2. The van der Waals surface area contributed by atoms with Gasteiger partial charge in [-0.15, -0.1) is 5.10 Å². The maximum Gasteiger partial charge on any atom is 0.105 e. The summed E-state index contributed by atoms with van der Waals surface area (Å²) < 4.78 is 4.94. The summed E-state index contributed by atoms with van der Waals surface area (Å²) in [5.74, 6) is 0. The van der Waals surface area contributed by atoms with Crippen molar-refractivity contribution in [3.05, 3.63) is 48.8 Å². The quantitative estimate of drug-likeness (QED) is 0.610. The van der Waals surface area contributed by atoms with Crippen molar-refractivity contribution in [1.82, 2.24) is 14.6 Å². The van der Waals surface area contributed by atoms with Crippen LogP contribution >= 0.6 is 11.5 Å². The highest BCUT2D eigenvalue weighted by atomic mass is 32.1. The third-order valence-corrected chi connectivity index (χ3v) is 2.35. The summed E-state index contributed by atoms with van der Waals surface area (Å²) in [5.41, 5.74) is 0.988. The summed E-state index contributed by atoms with van der Waals surface area (Å²) in [7, 11) is 0. The molecule has 0 amide bonds. The van der Waals surface area contributed by atoms with Crippen molar-refractivity contribution >= 4 is 21.7 Å². The molecule has 0 aliphatic heterocycles. The molecule has 0 aliphatic carbocycles. The second-order valence-electron chi connectivity index (χ2n) is 2.63. The summed E-state index contributed by atoms with van der Waals surface area (Å²) in [6.07, 6.45) is 3.75. The lowest BCUT2D eigenvalue weighted by Gasteiger charge is -1.78. The van der Waals surface area contributed by atoms with E-state index < -0.39 is 0 Å². The zero-order chi connectivity index (χ0) is 9.64. The Kier molecular flexibility index (Phi) is 2.88. The summed E-state index contributed by atoms with van der Waals surface area (Å²) in [5, 5.41) is 3.89. The molecule has 0 unspecified atom stereocenters. The van der Waals surface area contributed by atoms with E-state index in [1.165, 1.54) is 11.5 Å². The normalized spacial score (nSPS) is 9.43. The van der Waals surface area contributed by atoms with Gasteiger partial charge in [-0.2, -0.15) is 0 Å². The van der Waals surface area contributed by atoms with Crippen LogP contribution in [0.25, 0.3) is 10.2 Å². The lowest BCUT2D eigenvalue weighted by Crippen LogP contribution is -1.63. The van der Waals surface area contributed by atoms with Crippen LogP contribution in [0.5, 0.6) is 0 Å². The zero-order valence-electron chi connectivity index (χ0n) is 7.42. The number of benzene rings is 1. The molecule has 0 atom stereocenters. The Bertz CT molecular complexity index is 425. The molecule has 2 aromatic heterocycles. The van der Waals surface area contributed by atoms with Gasteiger partial charge in [-0.25, -0.2) is 0 Å². The van der Waals surface area contributed by atoms with Crippen molar-refractivity contribution in [3.8, 4) is 0 Å². The molecule has 0 fully saturated rings. The molecule has 0 radical (unpaired) electrons. The van der Waals surface area contributed by atoms with E-state index in [1.807, 2.05) is 48.8 Å². The van der Waals surface area contributed by atoms with Crippen LogP contribution in [-0.2, 0) is 0 Å². The first-order valence-electron chi connectivity index (χ1n) is 4.22. The minimum absolute atomic E-state index is 0.988. The highest BCUT2D eigenvalue weighted by Crippen LogP contribution is 2.12. The number of aromatic nitrogens is 3. The number of H-pyrrole nitrogens is 1. The lowest BCUT2D eigenvalue weighted by atomic mass is 10.3. The standard InChI is InChI=1S/C6H4N2S.C4H5N/c1-2-4-6-5(3-1)7-8-9-6;1-2-4-5-3-1/h1-4H;1-5H. The molecule has 3 aromatic rings. The smallest absolute Gasteiger partial charge is 0.105 e. The van der Waals surface area contributed by atoms with Crippen LogP contribution in [0.15, 0.2) is 48.8 Å². The molecule has 0 aliphatic rings. The molecule has 1 aromatic carbocycles. The number of rotatable bonds is 0. The van der Waals surface area contributed by atoms with E-state index in [0.29, 0.717) is 0 Å². The number of fused-ring (bicyclic) bond motifs is 1. The van der Waals surface area contributed by atoms with Crippen LogP contribution in [0.3, 0.4) is 0 Å². The third kappa shape index (κ3) is 2.17. The van der Waals surface area contributed by atoms with Crippen molar-refractivity contribution in [2.45, 2.75) is 0 Å². The van der Waals surface area contributed by atoms with Gasteiger partial charge in [0.1, 0.15) is 5.52 Å². The van der Waals surface area contributed by atoms with Gasteiger partial charge in [-0.1, -0.05) is 16.6 Å². The van der Waals surface area contributed by atoms with E-state index in [-0.39, 0.29) is 0 Å². The Hall–Kier alpha value is -1.68. The van der Waals surface area contributed by atoms with Crippen LogP contribution in [-0.4, -0.2) is 14.6 Å². The molecule has 2 heterocycles. The average Bonchev–Trinajstić information content (AvgIpc) is 2.92. The fourth-order valence-electron chi connectivity index (χ4n) is 1.00. The fraction of sp³-hybridized carbons (Fsp3) is 0. The van der Waals surface area contributed by atoms with Gasteiger partial charge in [-0.3, -0.25) is 0 Å². The van der Waals surface area contributed by atoms with Crippen LogP contribution < -0.4 is 0 Å². The topological polar surface area (TPSA) is 41.6 Å². The molecule has 0 saturated carbocycles. The van der Waals surface area contributed by atoms with E-state index in [2.05, 4.69) is 14.6 Å². The van der Waals surface area contributed by atoms with Crippen LogP contribution in [0.1, 0.15) is 0 Å². The molecule has 4 heteroatoms. The van der Waals surface area contributed by atoms with Crippen molar-refractivity contribution in [2.24, 2.45) is 0 Å². The van der Waals surface area contributed by atoms with E-state index >= 15 is 0 Å². The van der Waals surface area contributed by atoms with E-state index in [1.54, 1.807) is 0 Å². The number of aromatic amines is 1. The van der Waals surface area contributed by atoms with E-state index in [4.69, 9.17) is 0 Å². The van der Waals surface area contributed by atoms with Crippen molar-refractivity contribution < 1.29 is 0 Å². The second kappa shape index (κ2) is 4.53. The largest absolute Gasteiger partial charge is 0.368 e. The van der Waals surface area contributed by atoms with E-state index in [9.17, 15) is 0 Å². The molecule has 1 N–H and O–H groups in total. The van der Waals surface area contributed by atoms with Gasteiger partial charge < -0.3 is 4.98 Å². The molecule has 70 valence electrons. The highest BCUT2D eigenvalue weighted by molar-refractivity contribution is 7.12. The predicted molar refractivity (Wildman–Crippen MR) is 58.2 cm³/mol. The molecular formula is C10H9N3S. The van der Waals surface area contributed by atoms with Crippen LogP contribution in [0.2, 0.25) is 0 Å². The summed E-state index contributed by atoms with van der Waals surface area (Å²) in [6.45, 7) is 0. The van der Waals surface area contributed by atoms with Gasteiger partial charge in [0, 0.05) is 12.4 Å². The number of hydrogen-bond donors (Lipinski definition) is 1. The van der Waals surface area contributed by atoms with Crippen molar-refractivity contribution in [1.29, 1.82) is 0 Å². The Labute approximate surface area is 85.6 Å². The lowest BCUT2D eigenvalue weighted by molar-refractivity contribution is 1.20. The van der Waals surface area contributed by atoms with Gasteiger partial charge >= 0.3 is 0 Å². The third-order valence-electron chi connectivity index (χ3n) is 1.65. The molecule has 0 saturated heterocycles. The molecule has 14 heavy (non-hydrogen) atoms. The maximum absolute atomic E-state index is 3.89.